The summed E-state index contributed by atoms with van der Waals surface area (Å²) in [6.07, 6.45) is 0. The first-order valence-corrected chi connectivity index (χ1v) is 20.4. The topological polar surface area (TPSA) is 3.24 Å². The summed E-state index contributed by atoms with van der Waals surface area (Å²) in [5, 5.41) is 2.54. The monoisotopic (exact) mass is 743 g/mol. The zero-order chi connectivity index (χ0) is 37.8. The van der Waals surface area contributed by atoms with Gasteiger partial charge in [0.05, 0.1) is 5.41 Å². The Balaban J connectivity index is 1.09. The molecule has 57 heavy (non-hydrogen) atoms. The molecular weight excluding hydrogens is 707 g/mol. The van der Waals surface area contributed by atoms with Crippen molar-refractivity contribution in [3.8, 4) is 33.4 Å². The van der Waals surface area contributed by atoms with Crippen molar-refractivity contribution in [2.75, 3.05) is 4.90 Å². The second-order valence-corrected chi connectivity index (χ2v) is 16.0. The van der Waals surface area contributed by atoms with Gasteiger partial charge in [-0.15, -0.1) is 11.3 Å². The number of benzene rings is 9. The fourth-order valence-corrected chi connectivity index (χ4v) is 10.3. The fraction of sp³-hybridized carbons (Fsp3) is 0.0182. The van der Waals surface area contributed by atoms with Gasteiger partial charge in [-0.2, -0.15) is 0 Å². The summed E-state index contributed by atoms with van der Waals surface area (Å²) < 4.78 is 2.57. The summed E-state index contributed by atoms with van der Waals surface area (Å²) in [6.45, 7) is 0. The average Bonchev–Trinajstić information content (AvgIpc) is 3.81. The molecule has 0 saturated heterocycles. The van der Waals surface area contributed by atoms with Gasteiger partial charge in [0.1, 0.15) is 0 Å². The molecule has 9 aromatic carbocycles. The zero-order valence-corrected chi connectivity index (χ0v) is 32.0. The molecule has 10 aromatic rings. The van der Waals surface area contributed by atoms with Crippen LogP contribution < -0.4 is 4.90 Å². The SMILES string of the molecule is c1ccc(-c2cccc(N(c3cccc(-c4ccccc4)c3)c3ccc4sc5cc(C6(c7ccccc7)c7ccccc7-c7ccccc76)ccc5c4c3)c2)cc1. The van der Waals surface area contributed by atoms with E-state index < -0.39 is 5.41 Å². The zero-order valence-electron chi connectivity index (χ0n) is 31.2. The maximum absolute atomic E-state index is 2.47. The van der Waals surface area contributed by atoms with E-state index in [1.807, 2.05) is 11.3 Å². The van der Waals surface area contributed by atoms with Gasteiger partial charge in [-0.3, -0.25) is 0 Å². The molecule has 11 rings (SSSR count). The van der Waals surface area contributed by atoms with Gasteiger partial charge in [0.2, 0.25) is 0 Å². The predicted molar refractivity (Wildman–Crippen MR) is 242 cm³/mol. The third-order valence-electron chi connectivity index (χ3n) is 11.7. The van der Waals surface area contributed by atoms with Crippen LogP contribution in [0.4, 0.5) is 17.1 Å². The molecule has 0 unspecified atom stereocenters. The highest BCUT2D eigenvalue weighted by atomic mass is 32.1. The lowest BCUT2D eigenvalue weighted by atomic mass is 9.67. The largest absolute Gasteiger partial charge is 0.310 e. The van der Waals surface area contributed by atoms with Gasteiger partial charge in [-0.25, -0.2) is 0 Å². The van der Waals surface area contributed by atoms with Gasteiger partial charge in [-0.05, 0) is 104 Å². The van der Waals surface area contributed by atoms with Crippen LogP contribution in [-0.4, -0.2) is 0 Å². The van der Waals surface area contributed by atoms with Gasteiger partial charge in [0.15, 0.2) is 0 Å². The van der Waals surface area contributed by atoms with Crippen molar-refractivity contribution < 1.29 is 0 Å². The molecule has 1 heterocycles. The summed E-state index contributed by atoms with van der Waals surface area (Å²) in [7, 11) is 0. The van der Waals surface area contributed by atoms with Crippen LogP contribution in [0.5, 0.6) is 0 Å². The van der Waals surface area contributed by atoms with Crippen LogP contribution in [0.25, 0.3) is 53.6 Å². The van der Waals surface area contributed by atoms with E-state index in [1.54, 1.807) is 0 Å². The summed E-state index contributed by atoms with van der Waals surface area (Å²) in [5.41, 5.74) is 15.6. The van der Waals surface area contributed by atoms with Crippen LogP contribution in [0.1, 0.15) is 22.3 Å². The lowest BCUT2D eigenvalue weighted by Gasteiger charge is -2.33. The second kappa shape index (κ2) is 13.6. The molecule has 0 N–H and O–H groups in total. The van der Waals surface area contributed by atoms with Crippen LogP contribution in [0.15, 0.2) is 224 Å². The number of hydrogen-bond donors (Lipinski definition) is 0. The molecule has 0 radical (unpaired) electrons. The molecule has 0 spiro atoms. The number of nitrogens with zero attached hydrogens (tertiary/aromatic N) is 1. The Hall–Kier alpha value is -7.00. The molecule has 2 heteroatoms. The maximum atomic E-state index is 2.47. The minimum Gasteiger partial charge on any atom is -0.310 e. The number of hydrogen-bond acceptors (Lipinski definition) is 2. The van der Waals surface area contributed by atoms with Crippen LogP contribution in [-0.2, 0) is 5.41 Å². The highest BCUT2D eigenvalue weighted by molar-refractivity contribution is 7.25. The third-order valence-corrected chi connectivity index (χ3v) is 12.9. The molecule has 0 atom stereocenters. The van der Waals surface area contributed by atoms with Crippen molar-refractivity contribution in [3.63, 3.8) is 0 Å². The van der Waals surface area contributed by atoms with Crippen molar-refractivity contribution in [1.82, 2.24) is 0 Å². The molecule has 1 nitrogen and oxygen atoms in total. The van der Waals surface area contributed by atoms with Gasteiger partial charge >= 0.3 is 0 Å². The van der Waals surface area contributed by atoms with E-state index in [0.717, 1.165) is 17.1 Å². The minimum atomic E-state index is -0.422. The number of anilines is 3. The van der Waals surface area contributed by atoms with E-state index in [1.165, 1.54) is 75.8 Å². The first kappa shape index (κ1) is 33.3. The summed E-state index contributed by atoms with van der Waals surface area (Å²) in [6, 6.07) is 82.4. The highest BCUT2D eigenvalue weighted by Crippen LogP contribution is 2.56. The molecule has 1 aliphatic carbocycles. The summed E-state index contributed by atoms with van der Waals surface area (Å²) in [4.78, 5) is 2.41. The highest BCUT2D eigenvalue weighted by Gasteiger charge is 2.45. The van der Waals surface area contributed by atoms with Crippen molar-refractivity contribution in [2.45, 2.75) is 5.41 Å². The maximum Gasteiger partial charge on any atom is 0.0714 e. The molecule has 1 aromatic heterocycles. The van der Waals surface area contributed by atoms with Crippen molar-refractivity contribution in [1.29, 1.82) is 0 Å². The van der Waals surface area contributed by atoms with E-state index in [9.17, 15) is 0 Å². The molecule has 0 aliphatic heterocycles. The Kier molecular flexibility index (Phi) is 7.98. The van der Waals surface area contributed by atoms with E-state index in [2.05, 4.69) is 229 Å². The second-order valence-electron chi connectivity index (χ2n) is 14.9. The molecule has 0 saturated carbocycles. The van der Waals surface area contributed by atoms with E-state index >= 15 is 0 Å². The van der Waals surface area contributed by atoms with Crippen molar-refractivity contribution in [3.05, 3.63) is 247 Å². The lowest BCUT2D eigenvalue weighted by molar-refractivity contribution is 0.770. The van der Waals surface area contributed by atoms with Gasteiger partial charge in [0, 0.05) is 37.2 Å². The van der Waals surface area contributed by atoms with E-state index in [0.29, 0.717) is 0 Å². The molecule has 0 bridgehead atoms. The third kappa shape index (κ3) is 5.44. The summed E-state index contributed by atoms with van der Waals surface area (Å²) in [5.74, 6) is 0. The lowest BCUT2D eigenvalue weighted by Crippen LogP contribution is -2.28. The Bertz CT molecular complexity index is 2940. The molecule has 1 aliphatic rings. The number of rotatable bonds is 7. The Morgan fingerprint density at radius 3 is 1.42 bits per heavy atom. The van der Waals surface area contributed by atoms with E-state index in [4.69, 9.17) is 0 Å². The molecule has 268 valence electrons. The standard InChI is InChI=1S/C55H37NS/c1-4-16-38(17-5-1)40-20-14-24-44(34-40)56(45-25-15-21-41(35-45)39-18-6-2-7-19-39)46-31-33-53-50(37-46)49-32-30-43(36-54(49)57-53)55(42-22-8-3-9-23-42)51-28-12-10-26-47(51)48-27-11-13-29-52(48)55/h1-37H. The predicted octanol–water partition coefficient (Wildman–Crippen LogP) is 15.2. The summed E-state index contributed by atoms with van der Waals surface area (Å²) >= 11 is 1.88. The Morgan fingerprint density at radius 1 is 0.316 bits per heavy atom. The van der Waals surface area contributed by atoms with Crippen LogP contribution in [0, 0.1) is 0 Å². The first-order valence-electron chi connectivity index (χ1n) is 19.6. The number of thiophene rings is 1. The first-order chi connectivity index (χ1) is 28.3. The molecular formula is C55H37NS. The van der Waals surface area contributed by atoms with Crippen LogP contribution >= 0.6 is 11.3 Å². The van der Waals surface area contributed by atoms with Crippen LogP contribution in [0.2, 0.25) is 0 Å². The molecule has 0 fully saturated rings. The Morgan fingerprint density at radius 2 is 0.825 bits per heavy atom. The fourth-order valence-electron chi connectivity index (χ4n) is 9.21. The van der Waals surface area contributed by atoms with Crippen molar-refractivity contribution in [2.24, 2.45) is 0 Å². The van der Waals surface area contributed by atoms with E-state index in [-0.39, 0.29) is 0 Å². The van der Waals surface area contributed by atoms with Gasteiger partial charge in [0.25, 0.3) is 0 Å². The molecule has 0 amide bonds. The smallest absolute Gasteiger partial charge is 0.0714 e. The number of fused-ring (bicyclic) bond motifs is 6. The van der Waals surface area contributed by atoms with Gasteiger partial charge < -0.3 is 4.90 Å². The van der Waals surface area contributed by atoms with Gasteiger partial charge in [-0.1, -0.05) is 176 Å². The quantitative estimate of drug-likeness (QED) is 0.157. The van der Waals surface area contributed by atoms with Crippen LogP contribution in [0.3, 0.4) is 0 Å². The van der Waals surface area contributed by atoms with Crippen molar-refractivity contribution >= 4 is 48.6 Å². The average molecular weight is 744 g/mol. The Labute approximate surface area is 337 Å². The minimum absolute atomic E-state index is 0.422. The normalized spacial score (nSPS) is 12.7.